The Bertz CT molecular complexity index is 536. The van der Waals surface area contributed by atoms with Crippen LogP contribution in [-0.2, 0) is 4.74 Å². The molecule has 0 atom stereocenters. The van der Waals surface area contributed by atoms with Crippen molar-refractivity contribution in [1.82, 2.24) is 9.80 Å². The van der Waals surface area contributed by atoms with Gasteiger partial charge in [0.2, 0.25) is 0 Å². The highest BCUT2D eigenvalue weighted by atomic mass is 16.5. The van der Waals surface area contributed by atoms with Crippen LogP contribution in [0.1, 0.15) is 15.9 Å². The van der Waals surface area contributed by atoms with E-state index in [-0.39, 0.29) is 12.0 Å². The molecular weight excluding hydrogens is 272 g/mol. The van der Waals surface area contributed by atoms with Crippen LogP contribution in [0.25, 0.3) is 0 Å². The third-order valence-electron chi connectivity index (χ3n) is 3.64. The lowest BCUT2D eigenvalue weighted by atomic mass is 10.1. The van der Waals surface area contributed by atoms with Crippen LogP contribution in [0.3, 0.4) is 0 Å². The number of piperazine rings is 1. The predicted molar refractivity (Wildman–Crippen MR) is 77.6 cm³/mol. The van der Waals surface area contributed by atoms with E-state index in [4.69, 9.17) is 4.74 Å². The third-order valence-corrected chi connectivity index (χ3v) is 3.64. The van der Waals surface area contributed by atoms with E-state index in [1.54, 1.807) is 29.0 Å². The van der Waals surface area contributed by atoms with Crippen molar-refractivity contribution >= 4 is 12.0 Å². The molecule has 2 rings (SSSR count). The second kappa shape index (κ2) is 6.47. The Morgan fingerprint density at radius 1 is 1.05 bits per heavy atom. The number of ether oxygens (including phenoxy) is 2. The van der Waals surface area contributed by atoms with Crippen LogP contribution < -0.4 is 4.74 Å². The number of benzene rings is 1. The van der Waals surface area contributed by atoms with E-state index >= 15 is 0 Å². The lowest BCUT2D eigenvalue weighted by Gasteiger charge is -2.33. The van der Waals surface area contributed by atoms with Crippen LogP contribution in [0.2, 0.25) is 0 Å². The maximum atomic E-state index is 12.4. The first-order chi connectivity index (χ1) is 10.1. The Balaban J connectivity index is 2.02. The zero-order chi connectivity index (χ0) is 15.4. The van der Waals surface area contributed by atoms with E-state index in [0.717, 1.165) is 11.3 Å². The van der Waals surface area contributed by atoms with E-state index in [1.807, 2.05) is 13.0 Å². The number of hydrogen-bond acceptors (Lipinski definition) is 4. The minimum Gasteiger partial charge on any atom is -0.496 e. The maximum absolute atomic E-state index is 12.4. The number of methoxy groups -OCH3 is 2. The number of rotatable bonds is 2. The molecule has 0 aromatic heterocycles. The summed E-state index contributed by atoms with van der Waals surface area (Å²) < 4.78 is 9.88. The maximum Gasteiger partial charge on any atom is 0.409 e. The normalized spacial score (nSPS) is 14.8. The van der Waals surface area contributed by atoms with Gasteiger partial charge >= 0.3 is 6.09 Å². The van der Waals surface area contributed by atoms with Crippen LogP contribution in [-0.4, -0.2) is 62.2 Å². The third kappa shape index (κ3) is 3.26. The average Bonchev–Trinajstić information content (AvgIpc) is 2.53. The summed E-state index contributed by atoms with van der Waals surface area (Å²) in [5, 5.41) is 0. The number of aryl methyl sites for hydroxylation is 1. The summed E-state index contributed by atoms with van der Waals surface area (Å²) in [5.74, 6) is 0.743. The van der Waals surface area contributed by atoms with Crippen molar-refractivity contribution in [2.75, 3.05) is 40.4 Å². The van der Waals surface area contributed by atoms with Crippen molar-refractivity contribution < 1.29 is 19.1 Å². The van der Waals surface area contributed by atoms with Gasteiger partial charge in [-0.05, 0) is 30.7 Å². The molecule has 21 heavy (non-hydrogen) atoms. The first-order valence-electron chi connectivity index (χ1n) is 6.83. The topological polar surface area (TPSA) is 59.1 Å². The second-order valence-electron chi connectivity index (χ2n) is 4.93. The molecule has 2 amide bonds. The Hall–Kier alpha value is -2.24. The van der Waals surface area contributed by atoms with Gasteiger partial charge in [-0.2, -0.15) is 0 Å². The van der Waals surface area contributed by atoms with Crippen LogP contribution >= 0.6 is 0 Å². The largest absolute Gasteiger partial charge is 0.496 e. The quantitative estimate of drug-likeness (QED) is 0.829. The van der Waals surface area contributed by atoms with Crippen molar-refractivity contribution in [3.05, 3.63) is 29.3 Å². The molecule has 0 bridgehead atoms. The minimum absolute atomic E-state index is 0.0229. The zero-order valence-corrected chi connectivity index (χ0v) is 12.6. The molecule has 0 aliphatic carbocycles. The molecule has 0 radical (unpaired) electrons. The van der Waals surface area contributed by atoms with Crippen molar-refractivity contribution in [1.29, 1.82) is 0 Å². The summed E-state index contributed by atoms with van der Waals surface area (Å²) in [6.07, 6.45) is -0.345. The van der Waals surface area contributed by atoms with Crippen molar-refractivity contribution in [3.8, 4) is 5.75 Å². The van der Waals surface area contributed by atoms with Crippen molar-refractivity contribution in [2.45, 2.75) is 6.92 Å². The molecule has 1 aliphatic rings. The molecule has 1 heterocycles. The fraction of sp³-hybridized carbons (Fsp3) is 0.467. The summed E-state index contributed by atoms with van der Waals surface area (Å²) in [4.78, 5) is 27.2. The minimum atomic E-state index is -0.345. The van der Waals surface area contributed by atoms with Gasteiger partial charge in [-0.1, -0.05) is 0 Å². The van der Waals surface area contributed by atoms with Gasteiger partial charge in [-0.25, -0.2) is 4.79 Å². The highest BCUT2D eigenvalue weighted by Crippen LogP contribution is 2.20. The van der Waals surface area contributed by atoms with E-state index in [1.165, 1.54) is 7.11 Å². The van der Waals surface area contributed by atoms with Gasteiger partial charge in [0.1, 0.15) is 5.75 Å². The number of carbonyl (C=O) groups is 2. The van der Waals surface area contributed by atoms with E-state index in [0.29, 0.717) is 31.7 Å². The van der Waals surface area contributed by atoms with Crippen LogP contribution in [0.4, 0.5) is 4.79 Å². The van der Waals surface area contributed by atoms with Gasteiger partial charge < -0.3 is 19.3 Å². The molecular formula is C15H20N2O4. The molecule has 114 valence electrons. The Kier molecular flexibility index (Phi) is 4.67. The SMILES string of the molecule is COC(=O)N1CCN(C(=O)c2ccc(OC)c(C)c2)CC1. The fourth-order valence-electron chi connectivity index (χ4n) is 2.42. The number of carbonyl (C=O) groups excluding carboxylic acids is 2. The fourth-order valence-corrected chi connectivity index (χ4v) is 2.42. The number of hydrogen-bond donors (Lipinski definition) is 0. The number of amides is 2. The molecule has 1 fully saturated rings. The zero-order valence-electron chi connectivity index (χ0n) is 12.6. The summed E-state index contributed by atoms with van der Waals surface area (Å²) in [6, 6.07) is 5.39. The average molecular weight is 292 g/mol. The number of nitrogens with zero attached hydrogens (tertiary/aromatic N) is 2. The molecule has 0 saturated carbocycles. The predicted octanol–water partition coefficient (Wildman–Crippen LogP) is 1.53. The van der Waals surface area contributed by atoms with Gasteiger partial charge in [0, 0.05) is 31.7 Å². The standard InChI is InChI=1S/C15H20N2O4/c1-11-10-12(4-5-13(11)20-2)14(18)16-6-8-17(9-7-16)15(19)21-3/h4-5,10H,6-9H2,1-3H3. The summed E-state index contributed by atoms with van der Waals surface area (Å²) in [6.45, 7) is 3.92. The van der Waals surface area contributed by atoms with E-state index < -0.39 is 0 Å². The molecule has 0 unspecified atom stereocenters. The van der Waals surface area contributed by atoms with Crippen LogP contribution in [0.15, 0.2) is 18.2 Å². The van der Waals surface area contributed by atoms with Gasteiger partial charge in [0.15, 0.2) is 0 Å². The lowest BCUT2D eigenvalue weighted by Crippen LogP contribution is -2.50. The summed E-state index contributed by atoms with van der Waals surface area (Å²) in [5.41, 5.74) is 1.57. The molecule has 0 spiro atoms. The first kappa shape index (κ1) is 15.2. The molecule has 1 saturated heterocycles. The van der Waals surface area contributed by atoms with Gasteiger partial charge in [0.25, 0.3) is 5.91 Å². The lowest BCUT2D eigenvalue weighted by molar-refractivity contribution is 0.0599. The van der Waals surface area contributed by atoms with E-state index in [9.17, 15) is 9.59 Å². The molecule has 0 N–H and O–H groups in total. The highest BCUT2D eigenvalue weighted by molar-refractivity contribution is 5.94. The van der Waals surface area contributed by atoms with Crippen LogP contribution in [0.5, 0.6) is 5.75 Å². The Labute approximate surface area is 124 Å². The smallest absolute Gasteiger partial charge is 0.409 e. The molecule has 6 nitrogen and oxygen atoms in total. The Morgan fingerprint density at radius 2 is 1.67 bits per heavy atom. The Morgan fingerprint density at radius 3 is 2.19 bits per heavy atom. The van der Waals surface area contributed by atoms with Gasteiger partial charge in [-0.15, -0.1) is 0 Å². The van der Waals surface area contributed by atoms with Gasteiger partial charge in [0.05, 0.1) is 14.2 Å². The molecule has 1 aromatic rings. The summed E-state index contributed by atoms with van der Waals surface area (Å²) >= 11 is 0. The van der Waals surface area contributed by atoms with Gasteiger partial charge in [-0.3, -0.25) is 4.79 Å². The molecule has 6 heteroatoms. The first-order valence-corrected chi connectivity index (χ1v) is 6.83. The van der Waals surface area contributed by atoms with Crippen molar-refractivity contribution in [3.63, 3.8) is 0 Å². The van der Waals surface area contributed by atoms with Crippen molar-refractivity contribution in [2.24, 2.45) is 0 Å². The second-order valence-corrected chi connectivity index (χ2v) is 4.93. The van der Waals surface area contributed by atoms with E-state index in [2.05, 4.69) is 4.74 Å². The highest BCUT2D eigenvalue weighted by Gasteiger charge is 2.25. The summed E-state index contributed by atoms with van der Waals surface area (Å²) in [7, 11) is 2.97. The van der Waals surface area contributed by atoms with Crippen LogP contribution in [0, 0.1) is 6.92 Å². The molecule has 1 aliphatic heterocycles. The monoisotopic (exact) mass is 292 g/mol. The molecule has 1 aromatic carbocycles.